The first-order valence-corrected chi connectivity index (χ1v) is 6.00. The average molecular weight is 279 g/mol. The van der Waals surface area contributed by atoms with Crippen LogP contribution in [0.5, 0.6) is 0 Å². The number of hydrazine groups is 1. The van der Waals surface area contributed by atoms with Crippen LogP contribution in [0.3, 0.4) is 0 Å². The molecule has 0 spiro atoms. The third-order valence-electron chi connectivity index (χ3n) is 2.50. The number of urea groups is 1. The molecule has 0 saturated carbocycles. The average Bonchev–Trinajstić information content (AvgIpc) is 2.49. The molecule has 0 aliphatic rings. The highest BCUT2D eigenvalue weighted by molar-refractivity contribution is 5.96. The van der Waals surface area contributed by atoms with E-state index in [0.717, 1.165) is 5.01 Å². The van der Waals surface area contributed by atoms with Crippen molar-refractivity contribution in [2.24, 2.45) is 0 Å². The lowest BCUT2D eigenvalue weighted by Crippen LogP contribution is -2.53. The monoisotopic (exact) mass is 279 g/mol. The van der Waals surface area contributed by atoms with Crippen LogP contribution in [0.25, 0.3) is 0 Å². The SMILES string of the molecule is COC(C)C(=O)NN(C(=O)NCC=O)c1ccccc1. The van der Waals surface area contributed by atoms with Crippen molar-refractivity contribution < 1.29 is 19.1 Å². The third-order valence-corrected chi connectivity index (χ3v) is 2.50. The van der Waals surface area contributed by atoms with Gasteiger partial charge in [0, 0.05) is 7.11 Å². The molecule has 1 atom stereocenters. The maximum atomic E-state index is 11.9. The molecule has 1 aromatic rings. The molecular weight excluding hydrogens is 262 g/mol. The fourth-order valence-corrected chi connectivity index (χ4v) is 1.33. The third kappa shape index (κ3) is 4.36. The van der Waals surface area contributed by atoms with Gasteiger partial charge in [-0.3, -0.25) is 10.2 Å². The lowest BCUT2D eigenvalue weighted by atomic mass is 10.3. The number of aldehydes is 1. The molecule has 1 rings (SSSR count). The van der Waals surface area contributed by atoms with Gasteiger partial charge in [0.2, 0.25) is 0 Å². The van der Waals surface area contributed by atoms with Gasteiger partial charge < -0.3 is 14.8 Å². The van der Waals surface area contributed by atoms with E-state index < -0.39 is 18.0 Å². The van der Waals surface area contributed by atoms with Crippen molar-refractivity contribution in [3.8, 4) is 0 Å². The van der Waals surface area contributed by atoms with E-state index in [4.69, 9.17) is 4.74 Å². The van der Waals surface area contributed by atoms with Crippen LogP contribution in [0.2, 0.25) is 0 Å². The molecule has 2 N–H and O–H groups in total. The van der Waals surface area contributed by atoms with Crippen molar-refractivity contribution in [1.82, 2.24) is 10.7 Å². The minimum atomic E-state index is -0.708. The van der Waals surface area contributed by atoms with Crippen LogP contribution in [0, 0.1) is 0 Å². The normalized spacial score (nSPS) is 11.3. The van der Waals surface area contributed by atoms with Gasteiger partial charge in [-0.1, -0.05) is 18.2 Å². The predicted octanol–water partition coefficient (Wildman–Crippen LogP) is 0.468. The molecule has 1 unspecified atom stereocenters. The molecule has 0 aliphatic carbocycles. The van der Waals surface area contributed by atoms with E-state index in [1.807, 2.05) is 0 Å². The highest BCUT2D eigenvalue weighted by atomic mass is 16.5. The minimum Gasteiger partial charge on any atom is -0.372 e. The second kappa shape index (κ2) is 7.90. The number of nitrogens with zero attached hydrogens (tertiary/aromatic N) is 1. The zero-order chi connectivity index (χ0) is 15.0. The molecule has 0 saturated heterocycles. The van der Waals surface area contributed by atoms with Gasteiger partial charge in [-0.15, -0.1) is 0 Å². The number of amides is 3. The predicted molar refractivity (Wildman–Crippen MR) is 73.0 cm³/mol. The largest absolute Gasteiger partial charge is 0.372 e. The van der Waals surface area contributed by atoms with Crippen LogP contribution in [0.4, 0.5) is 10.5 Å². The van der Waals surface area contributed by atoms with Crippen LogP contribution >= 0.6 is 0 Å². The number of ether oxygens (including phenoxy) is 1. The first-order valence-electron chi connectivity index (χ1n) is 6.00. The van der Waals surface area contributed by atoms with Crippen molar-refractivity contribution in [2.75, 3.05) is 18.7 Å². The summed E-state index contributed by atoms with van der Waals surface area (Å²) in [7, 11) is 1.39. The van der Waals surface area contributed by atoms with E-state index in [1.54, 1.807) is 37.3 Å². The van der Waals surface area contributed by atoms with Crippen LogP contribution in [-0.4, -0.2) is 38.0 Å². The molecule has 0 bridgehead atoms. The number of hydrogen-bond donors (Lipinski definition) is 2. The highest BCUT2D eigenvalue weighted by Crippen LogP contribution is 2.11. The summed E-state index contributed by atoms with van der Waals surface area (Å²) < 4.78 is 4.88. The standard InChI is InChI=1S/C13H17N3O4/c1-10(20-2)12(18)15-16(13(19)14-8-9-17)11-6-4-3-5-7-11/h3-7,9-10H,8H2,1-2H3,(H,14,19)(H,15,18). The lowest BCUT2D eigenvalue weighted by Gasteiger charge is -2.24. The summed E-state index contributed by atoms with van der Waals surface area (Å²) in [6.07, 6.45) is -0.152. The van der Waals surface area contributed by atoms with E-state index >= 15 is 0 Å². The van der Waals surface area contributed by atoms with Crippen molar-refractivity contribution in [3.05, 3.63) is 30.3 Å². The molecule has 0 aromatic heterocycles. The van der Waals surface area contributed by atoms with E-state index in [-0.39, 0.29) is 6.54 Å². The smallest absolute Gasteiger partial charge is 0.341 e. The summed E-state index contributed by atoms with van der Waals surface area (Å²) in [5, 5.41) is 3.39. The Morgan fingerprint density at radius 3 is 2.55 bits per heavy atom. The highest BCUT2D eigenvalue weighted by Gasteiger charge is 2.21. The fourth-order valence-electron chi connectivity index (χ4n) is 1.33. The van der Waals surface area contributed by atoms with E-state index in [0.29, 0.717) is 12.0 Å². The van der Waals surface area contributed by atoms with Gasteiger partial charge in [0.15, 0.2) is 0 Å². The van der Waals surface area contributed by atoms with Gasteiger partial charge in [-0.05, 0) is 19.1 Å². The van der Waals surface area contributed by atoms with Crippen molar-refractivity contribution in [1.29, 1.82) is 0 Å². The Labute approximate surface area is 116 Å². The van der Waals surface area contributed by atoms with Gasteiger partial charge >= 0.3 is 6.03 Å². The van der Waals surface area contributed by atoms with Crippen molar-refractivity contribution in [2.45, 2.75) is 13.0 Å². The first-order chi connectivity index (χ1) is 9.60. The molecule has 0 aliphatic heterocycles. The van der Waals surface area contributed by atoms with Gasteiger partial charge in [-0.2, -0.15) is 0 Å². The Morgan fingerprint density at radius 2 is 2.00 bits per heavy atom. The number of carbonyl (C=O) groups is 3. The fraction of sp³-hybridized carbons (Fsp3) is 0.308. The molecule has 7 heteroatoms. The molecule has 7 nitrogen and oxygen atoms in total. The molecule has 108 valence electrons. The zero-order valence-corrected chi connectivity index (χ0v) is 11.3. The number of methoxy groups -OCH3 is 1. The summed E-state index contributed by atoms with van der Waals surface area (Å²) in [4.78, 5) is 34.1. The van der Waals surface area contributed by atoms with Crippen LogP contribution in [0.1, 0.15) is 6.92 Å². The quantitative estimate of drug-likeness (QED) is 0.605. The topological polar surface area (TPSA) is 87.7 Å². The number of hydrogen-bond acceptors (Lipinski definition) is 4. The molecule has 0 fully saturated rings. The molecule has 1 aromatic carbocycles. The number of rotatable bonds is 5. The lowest BCUT2D eigenvalue weighted by molar-refractivity contribution is -0.130. The first kappa shape index (κ1) is 15.6. The summed E-state index contributed by atoms with van der Waals surface area (Å²) in [6, 6.07) is 7.92. The summed E-state index contributed by atoms with van der Waals surface area (Å²) in [5.74, 6) is -0.474. The molecule has 3 amide bonds. The summed E-state index contributed by atoms with van der Waals surface area (Å²) >= 11 is 0. The second-order valence-electron chi connectivity index (χ2n) is 3.88. The Hall–Kier alpha value is -2.41. The van der Waals surface area contributed by atoms with Crippen molar-refractivity contribution >= 4 is 23.9 Å². The molecule has 20 heavy (non-hydrogen) atoms. The van der Waals surface area contributed by atoms with Gasteiger partial charge in [0.25, 0.3) is 5.91 Å². The van der Waals surface area contributed by atoms with Crippen LogP contribution < -0.4 is 15.8 Å². The number of benzene rings is 1. The van der Waals surface area contributed by atoms with E-state index in [1.165, 1.54) is 7.11 Å². The van der Waals surface area contributed by atoms with Gasteiger partial charge in [0.05, 0.1) is 12.2 Å². The van der Waals surface area contributed by atoms with Crippen LogP contribution in [0.15, 0.2) is 30.3 Å². The Balaban J connectivity index is 2.87. The zero-order valence-electron chi connectivity index (χ0n) is 11.3. The summed E-state index contributed by atoms with van der Waals surface area (Å²) in [6.45, 7) is 1.42. The second-order valence-corrected chi connectivity index (χ2v) is 3.88. The molecular formula is C13H17N3O4. The van der Waals surface area contributed by atoms with Crippen LogP contribution in [-0.2, 0) is 14.3 Å². The minimum absolute atomic E-state index is 0.141. The van der Waals surface area contributed by atoms with Gasteiger partial charge in [0.1, 0.15) is 12.4 Å². The Bertz CT molecular complexity index is 464. The maximum Gasteiger partial charge on any atom is 0.341 e. The van der Waals surface area contributed by atoms with E-state index in [2.05, 4.69) is 10.7 Å². The number of nitrogens with one attached hydrogen (secondary N) is 2. The number of para-hydroxylation sites is 1. The molecule has 0 heterocycles. The van der Waals surface area contributed by atoms with Gasteiger partial charge in [-0.25, -0.2) is 9.80 Å². The Kier molecular flexibility index (Phi) is 6.18. The maximum absolute atomic E-state index is 11.9. The Morgan fingerprint density at radius 1 is 1.35 bits per heavy atom. The van der Waals surface area contributed by atoms with E-state index in [9.17, 15) is 14.4 Å². The van der Waals surface area contributed by atoms with Crippen molar-refractivity contribution in [3.63, 3.8) is 0 Å². The molecule has 0 radical (unpaired) electrons. The summed E-state index contributed by atoms with van der Waals surface area (Å²) in [5.41, 5.74) is 2.90. The number of anilines is 1. The number of carbonyl (C=O) groups excluding carboxylic acids is 3.